The molecule has 3 nitrogen and oxygen atoms in total. The molecule has 0 radical (unpaired) electrons. The fourth-order valence-corrected chi connectivity index (χ4v) is 2.77. The van der Waals surface area contributed by atoms with Gasteiger partial charge in [0.25, 0.3) is 0 Å². The lowest BCUT2D eigenvalue weighted by Crippen LogP contribution is -2.46. The molecule has 0 aliphatic carbocycles. The SMILES string of the molecule is Cc1ccc(CC(C)NC(=O)[C@@H](N)Cc2ccccc2)c(C)c1.Cl. The molecule has 2 aromatic carbocycles. The number of benzene rings is 2. The van der Waals surface area contributed by atoms with Gasteiger partial charge in [-0.15, -0.1) is 12.4 Å². The van der Waals surface area contributed by atoms with Gasteiger partial charge in [0.2, 0.25) is 5.91 Å². The fraction of sp³-hybridized carbons (Fsp3) is 0.350. The normalized spacial score (nSPS) is 12.8. The van der Waals surface area contributed by atoms with E-state index in [-0.39, 0.29) is 24.4 Å². The van der Waals surface area contributed by atoms with E-state index in [0.717, 1.165) is 12.0 Å². The molecular weight excluding hydrogens is 320 g/mol. The Morgan fingerprint density at radius 1 is 1.08 bits per heavy atom. The Bertz CT molecular complexity index is 658. The summed E-state index contributed by atoms with van der Waals surface area (Å²) in [6, 6.07) is 15.8. The number of hydrogen-bond donors (Lipinski definition) is 2. The van der Waals surface area contributed by atoms with Crippen molar-refractivity contribution in [3.8, 4) is 0 Å². The highest BCUT2D eigenvalue weighted by molar-refractivity contribution is 5.85. The van der Waals surface area contributed by atoms with Crippen LogP contribution in [0.3, 0.4) is 0 Å². The molecule has 0 aliphatic rings. The highest BCUT2D eigenvalue weighted by atomic mass is 35.5. The number of carbonyl (C=O) groups excluding carboxylic acids is 1. The number of amides is 1. The third-order valence-corrected chi connectivity index (χ3v) is 4.05. The van der Waals surface area contributed by atoms with Gasteiger partial charge in [-0.3, -0.25) is 4.79 Å². The molecule has 2 rings (SSSR count). The van der Waals surface area contributed by atoms with Crippen LogP contribution in [0.5, 0.6) is 0 Å². The van der Waals surface area contributed by atoms with Crippen LogP contribution < -0.4 is 11.1 Å². The smallest absolute Gasteiger partial charge is 0.237 e. The maximum absolute atomic E-state index is 12.3. The molecule has 0 spiro atoms. The van der Waals surface area contributed by atoms with E-state index in [4.69, 9.17) is 5.73 Å². The van der Waals surface area contributed by atoms with Crippen molar-refractivity contribution in [1.29, 1.82) is 0 Å². The number of aryl methyl sites for hydroxylation is 2. The maximum Gasteiger partial charge on any atom is 0.237 e. The summed E-state index contributed by atoms with van der Waals surface area (Å²) in [5.74, 6) is -0.0916. The minimum atomic E-state index is -0.515. The first-order valence-electron chi connectivity index (χ1n) is 8.11. The Kier molecular flexibility index (Phi) is 7.96. The minimum Gasteiger partial charge on any atom is -0.352 e. The van der Waals surface area contributed by atoms with Gasteiger partial charge < -0.3 is 11.1 Å². The molecule has 130 valence electrons. The number of nitrogens with two attached hydrogens (primary N) is 1. The Balaban J connectivity index is 0.00000288. The van der Waals surface area contributed by atoms with Crippen LogP contribution in [-0.2, 0) is 17.6 Å². The molecule has 0 aliphatic heterocycles. The van der Waals surface area contributed by atoms with Crippen LogP contribution in [-0.4, -0.2) is 18.0 Å². The van der Waals surface area contributed by atoms with Crippen molar-refractivity contribution < 1.29 is 4.79 Å². The average molecular weight is 347 g/mol. The molecule has 0 bridgehead atoms. The minimum absolute atomic E-state index is 0. The van der Waals surface area contributed by atoms with Crippen LogP contribution >= 0.6 is 12.4 Å². The van der Waals surface area contributed by atoms with Gasteiger partial charge in [0.1, 0.15) is 0 Å². The van der Waals surface area contributed by atoms with Crippen molar-refractivity contribution >= 4 is 18.3 Å². The average Bonchev–Trinajstić information content (AvgIpc) is 2.51. The van der Waals surface area contributed by atoms with Gasteiger partial charge in [-0.2, -0.15) is 0 Å². The van der Waals surface area contributed by atoms with E-state index in [2.05, 4.69) is 37.4 Å². The van der Waals surface area contributed by atoms with Gasteiger partial charge in [-0.05, 0) is 50.3 Å². The summed E-state index contributed by atoms with van der Waals surface area (Å²) in [7, 11) is 0. The van der Waals surface area contributed by atoms with E-state index in [1.54, 1.807) is 0 Å². The van der Waals surface area contributed by atoms with E-state index < -0.39 is 6.04 Å². The Hall–Kier alpha value is -1.84. The zero-order valence-corrected chi connectivity index (χ0v) is 15.4. The van der Waals surface area contributed by atoms with Gasteiger partial charge >= 0.3 is 0 Å². The Morgan fingerprint density at radius 3 is 2.38 bits per heavy atom. The number of carbonyl (C=O) groups is 1. The highest BCUT2D eigenvalue weighted by Crippen LogP contribution is 2.12. The second-order valence-corrected chi connectivity index (χ2v) is 6.34. The zero-order chi connectivity index (χ0) is 16.8. The van der Waals surface area contributed by atoms with Gasteiger partial charge in [-0.1, -0.05) is 54.1 Å². The first-order valence-corrected chi connectivity index (χ1v) is 8.11. The quantitative estimate of drug-likeness (QED) is 0.842. The molecule has 4 heteroatoms. The maximum atomic E-state index is 12.3. The fourth-order valence-electron chi connectivity index (χ4n) is 2.77. The van der Waals surface area contributed by atoms with E-state index in [1.165, 1.54) is 16.7 Å². The van der Waals surface area contributed by atoms with E-state index in [9.17, 15) is 4.79 Å². The molecule has 2 aromatic rings. The topological polar surface area (TPSA) is 55.1 Å². The van der Waals surface area contributed by atoms with Crippen molar-refractivity contribution in [2.75, 3.05) is 0 Å². The monoisotopic (exact) mass is 346 g/mol. The van der Waals surface area contributed by atoms with Gasteiger partial charge in [0.05, 0.1) is 6.04 Å². The largest absolute Gasteiger partial charge is 0.352 e. The molecule has 0 saturated carbocycles. The van der Waals surface area contributed by atoms with E-state index in [0.29, 0.717) is 6.42 Å². The Morgan fingerprint density at radius 2 is 1.75 bits per heavy atom. The summed E-state index contributed by atoms with van der Waals surface area (Å²) >= 11 is 0. The van der Waals surface area contributed by atoms with Crippen LogP contribution in [0.4, 0.5) is 0 Å². The van der Waals surface area contributed by atoms with Gasteiger partial charge in [0.15, 0.2) is 0 Å². The van der Waals surface area contributed by atoms with Crippen LogP contribution in [0.2, 0.25) is 0 Å². The molecule has 1 unspecified atom stereocenters. The lowest BCUT2D eigenvalue weighted by Gasteiger charge is -2.19. The molecule has 0 saturated heterocycles. The van der Waals surface area contributed by atoms with Crippen molar-refractivity contribution in [3.63, 3.8) is 0 Å². The summed E-state index contributed by atoms with van der Waals surface area (Å²) in [5, 5.41) is 3.03. The molecule has 3 N–H and O–H groups in total. The van der Waals surface area contributed by atoms with Crippen molar-refractivity contribution in [1.82, 2.24) is 5.32 Å². The van der Waals surface area contributed by atoms with Crippen LogP contribution in [0.15, 0.2) is 48.5 Å². The first-order chi connectivity index (χ1) is 11.0. The van der Waals surface area contributed by atoms with Crippen molar-refractivity contribution in [2.24, 2.45) is 5.73 Å². The second kappa shape index (κ2) is 9.45. The lowest BCUT2D eigenvalue weighted by atomic mass is 9.99. The van der Waals surface area contributed by atoms with Crippen LogP contribution in [0, 0.1) is 13.8 Å². The number of hydrogen-bond acceptors (Lipinski definition) is 2. The zero-order valence-electron chi connectivity index (χ0n) is 14.6. The summed E-state index contributed by atoms with van der Waals surface area (Å²) < 4.78 is 0. The van der Waals surface area contributed by atoms with Crippen LogP contribution in [0.1, 0.15) is 29.2 Å². The third-order valence-electron chi connectivity index (χ3n) is 4.05. The first kappa shape index (κ1) is 20.2. The van der Waals surface area contributed by atoms with Gasteiger partial charge in [0, 0.05) is 6.04 Å². The van der Waals surface area contributed by atoms with Crippen LogP contribution in [0.25, 0.3) is 0 Å². The van der Waals surface area contributed by atoms with E-state index in [1.807, 2.05) is 37.3 Å². The predicted octanol–water partition coefficient (Wildman–Crippen LogP) is 3.34. The molecule has 0 fully saturated rings. The molecule has 2 atom stereocenters. The lowest BCUT2D eigenvalue weighted by molar-refractivity contribution is -0.122. The Labute approximate surface area is 151 Å². The van der Waals surface area contributed by atoms with E-state index >= 15 is 0 Å². The number of halogens is 1. The third kappa shape index (κ3) is 5.99. The number of nitrogens with one attached hydrogen (secondary N) is 1. The van der Waals surface area contributed by atoms with Crippen molar-refractivity contribution in [3.05, 3.63) is 70.8 Å². The van der Waals surface area contributed by atoms with Gasteiger partial charge in [-0.25, -0.2) is 0 Å². The summed E-state index contributed by atoms with van der Waals surface area (Å²) in [5.41, 5.74) is 10.9. The standard InChI is InChI=1S/C20H26N2O.ClH/c1-14-9-10-18(15(2)11-14)12-16(3)22-20(23)19(21)13-17-7-5-4-6-8-17;/h4-11,16,19H,12-13,21H2,1-3H3,(H,22,23);1H/t16?,19-;/m0./s1. The summed E-state index contributed by atoms with van der Waals surface area (Å²) in [6.45, 7) is 6.22. The van der Waals surface area contributed by atoms with Crippen molar-refractivity contribution in [2.45, 2.75) is 45.7 Å². The predicted molar refractivity (Wildman–Crippen MR) is 103 cm³/mol. The summed E-state index contributed by atoms with van der Waals surface area (Å²) in [6.07, 6.45) is 1.37. The summed E-state index contributed by atoms with van der Waals surface area (Å²) in [4.78, 5) is 12.3. The molecule has 0 heterocycles. The highest BCUT2D eigenvalue weighted by Gasteiger charge is 2.16. The molecule has 0 aromatic heterocycles. The molecule has 1 amide bonds. The second-order valence-electron chi connectivity index (χ2n) is 6.34. The molecular formula is C20H27ClN2O. The number of rotatable bonds is 6. The molecule has 24 heavy (non-hydrogen) atoms.